The molecule has 0 bridgehead atoms. The highest BCUT2D eigenvalue weighted by Gasteiger charge is 2.21. The summed E-state index contributed by atoms with van der Waals surface area (Å²) in [7, 11) is -2.18. The molecule has 2 aromatic carbocycles. The minimum absolute atomic E-state index is 0.206. The molecule has 6 nitrogen and oxygen atoms in total. The highest BCUT2D eigenvalue weighted by atomic mass is 32.2. The van der Waals surface area contributed by atoms with Crippen LogP contribution in [0.25, 0.3) is 0 Å². The molecule has 7 heteroatoms. The summed E-state index contributed by atoms with van der Waals surface area (Å²) in [5.74, 6) is 1.78. The number of sulfonamides is 1. The number of fused-ring (bicyclic) bond motifs is 1. The molecule has 0 aliphatic carbocycles. The van der Waals surface area contributed by atoms with Crippen molar-refractivity contribution in [3.05, 3.63) is 41.5 Å². The van der Waals surface area contributed by atoms with Gasteiger partial charge in [0.1, 0.15) is 19.0 Å². The van der Waals surface area contributed by atoms with E-state index in [1.807, 2.05) is 6.92 Å². The van der Waals surface area contributed by atoms with Gasteiger partial charge < -0.3 is 14.2 Å². The van der Waals surface area contributed by atoms with E-state index in [2.05, 4.69) is 4.72 Å². The molecule has 2 aromatic rings. The molecule has 0 unspecified atom stereocenters. The molecule has 0 amide bonds. The maximum atomic E-state index is 12.7. The lowest BCUT2D eigenvalue weighted by Crippen LogP contribution is -2.18. The third kappa shape index (κ3) is 3.12. The summed E-state index contributed by atoms with van der Waals surface area (Å²) >= 11 is 0. The zero-order valence-corrected chi connectivity index (χ0v) is 14.6. The van der Waals surface area contributed by atoms with E-state index in [0.717, 1.165) is 5.56 Å². The van der Waals surface area contributed by atoms with Gasteiger partial charge in [0.15, 0.2) is 11.5 Å². The average Bonchev–Trinajstić information content (AvgIpc) is 2.55. The van der Waals surface area contributed by atoms with Crippen LogP contribution >= 0.6 is 0 Å². The number of anilines is 1. The van der Waals surface area contributed by atoms with Gasteiger partial charge in [-0.1, -0.05) is 0 Å². The number of ether oxygens (including phenoxy) is 3. The first-order valence-electron chi connectivity index (χ1n) is 7.48. The summed E-state index contributed by atoms with van der Waals surface area (Å²) in [6, 6.07) is 8.26. The maximum absolute atomic E-state index is 12.7. The van der Waals surface area contributed by atoms with Gasteiger partial charge in [-0.2, -0.15) is 0 Å². The summed E-state index contributed by atoms with van der Waals surface area (Å²) < 4.78 is 44.2. The molecule has 0 spiro atoms. The first-order chi connectivity index (χ1) is 11.4. The predicted octanol–water partition coefficient (Wildman–Crippen LogP) is 2.88. The minimum Gasteiger partial charge on any atom is -0.497 e. The number of aryl methyl sites for hydroxylation is 2. The van der Waals surface area contributed by atoms with Crippen molar-refractivity contribution in [1.29, 1.82) is 0 Å². The number of methoxy groups -OCH3 is 1. The van der Waals surface area contributed by atoms with E-state index in [4.69, 9.17) is 14.2 Å². The summed E-state index contributed by atoms with van der Waals surface area (Å²) in [5, 5.41) is 0. The molecule has 1 N–H and O–H groups in total. The van der Waals surface area contributed by atoms with Gasteiger partial charge in [0.2, 0.25) is 0 Å². The molecular formula is C17H19NO5S. The van der Waals surface area contributed by atoms with E-state index in [0.29, 0.717) is 41.7 Å². The largest absolute Gasteiger partial charge is 0.497 e. The number of hydrogen-bond acceptors (Lipinski definition) is 5. The Labute approximate surface area is 141 Å². The smallest absolute Gasteiger partial charge is 0.262 e. The Morgan fingerprint density at radius 1 is 1.00 bits per heavy atom. The van der Waals surface area contributed by atoms with Crippen molar-refractivity contribution in [3.8, 4) is 17.2 Å². The molecule has 0 atom stereocenters. The van der Waals surface area contributed by atoms with Gasteiger partial charge >= 0.3 is 0 Å². The van der Waals surface area contributed by atoms with Crippen LogP contribution < -0.4 is 18.9 Å². The van der Waals surface area contributed by atoms with E-state index in [1.54, 1.807) is 38.3 Å². The van der Waals surface area contributed by atoms with Gasteiger partial charge in [-0.3, -0.25) is 4.72 Å². The molecular weight excluding hydrogens is 330 g/mol. The van der Waals surface area contributed by atoms with Crippen LogP contribution in [-0.2, 0) is 10.0 Å². The van der Waals surface area contributed by atoms with E-state index >= 15 is 0 Å². The third-order valence-corrected chi connectivity index (χ3v) is 5.33. The van der Waals surface area contributed by atoms with E-state index in [-0.39, 0.29) is 4.90 Å². The highest BCUT2D eigenvalue weighted by Crippen LogP contribution is 2.36. The van der Waals surface area contributed by atoms with Crippen LogP contribution in [0.3, 0.4) is 0 Å². The Balaban J connectivity index is 1.95. The van der Waals surface area contributed by atoms with Crippen molar-refractivity contribution >= 4 is 15.7 Å². The molecule has 0 fully saturated rings. The van der Waals surface area contributed by atoms with Gasteiger partial charge in [-0.25, -0.2) is 8.42 Å². The highest BCUT2D eigenvalue weighted by molar-refractivity contribution is 7.92. The Bertz CT molecular complexity index is 877. The van der Waals surface area contributed by atoms with Crippen LogP contribution in [0.2, 0.25) is 0 Å². The molecule has 0 saturated carbocycles. The summed E-state index contributed by atoms with van der Waals surface area (Å²) in [5.41, 5.74) is 1.83. The molecule has 24 heavy (non-hydrogen) atoms. The second kappa shape index (κ2) is 6.24. The van der Waals surface area contributed by atoms with Crippen molar-refractivity contribution in [3.63, 3.8) is 0 Å². The van der Waals surface area contributed by atoms with E-state index < -0.39 is 10.0 Å². The zero-order valence-electron chi connectivity index (χ0n) is 13.8. The first kappa shape index (κ1) is 16.4. The van der Waals surface area contributed by atoms with Crippen LogP contribution in [0.15, 0.2) is 35.2 Å². The second-order valence-electron chi connectivity index (χ2n) is 5.55. The van der Waals surface area contributed by atoms with Crippen molar-refractivity contribution < 1.29 is 22.6 Å². The van der Waals surface area contributed by atoms with Gasteiger partial charge in [0.25, 0.3) is 10.0 Å². The van der Waals surface area contributed by atoms with Crippen molar-refractivity contribution in [2.45, 2.75) is 18.7 Å². The van der Waals surface area contributed by atoms with Gasteiger partial charge in [-0.15, -0.1) is 0 Å². The van der Waals surface area contributed by atoms with Crippen molar-refractivity contribution in [2.24, 2.45) is 0 Å². The fourth-order valence-electron chi connectivity index (χ4n) is 2.55. The Kier molecular flexibility index (Phi) is 4.28. The van der Waals surface area contributed by atoms with E-state index in [1.165, 1.54) is 6.07 Å². The number of hydrogen-bond donors (Lipinski definition) is 1. The van der Waals surface area contributed by atoms with E-state index in [9.17, 15) is 8.42 Å². The number of nitrogens with one attached hydrogen (secondary N) is 1. The lowest BCUT2D eigenvalue weighted by Gasteiger charge is -2.21. The quantitative estimate of drug-likeness (QED) is 0.919. The number of rotatable bonds is 4. The molecule has 1 heterocycles. The Morgan fingerprint density at radius 2 is 1.67 bits per heavy atom. The normalized spacial score (nSPS) is 13.5. The van der Waals surface area contributed by atoms with Crippen LogP contribution in [-0.4, -0.2) is 28.7 Å². The summed E-state index contributed by atoms with van der Waals surface area (Å²) in [6.45, 7) is 4.48. The van der Waals surface area contributed by atoms with Gasteiger partial charge in [0, 0.05) is 6.07 Å². The lowest BCUT2D eigenvalue weighted by molar-refractivity contribution is 0.171. The Hall–Kier alpha value is -2.41. The fraction of sp³-hybridized carbons (Fsp3) is 0.294. The van der Waals surface area contributed by atoms with Crippen LogP contribution in [0, 0.1) is 13.8 Å². The van der Waals surface area contributed by atoms with Crippen molar-refractivity contribution in [2.75, 3.05) is 25.0 Å². The second-order valence-corrected chi connectivity index (χ2v) is 7.20. The van der Waals surface area contributed by atoms with Crippen LogP contribution in [0.1, 0.15) is 11.1 Å². The molecule has 1 aliphatic heterocycles. The standard InChI is InChI=1S/C17H19NO5S/c1-11-9-15-16(23-7-6-22-15)10-14(11)18-24(19,20)17-5-4-13(21-3)8-12(17)2/h4-5,8-10,18H,6-7H2,1-3H3. The minimum atomic E-state index is -3.72. The zero-order chi connectivity index (χ0) is 17.3. The predicted molar refractivity (Wildman–Crippen MR) is 90.7 cm³/mol. The molecule has 0 aromatic heterocycles. The topological polar surface area (TPSA) is 73.9 Å². The SMILES string of the molecule is COc1ccc(S(=O)(=O)Nc2cc3c(cc2C)OCCO3)c(C)c1. The van der Waals surface area contributed by atoms with Crippen LogP contribution in [0.5, 0.6) is 17.2 Å². The first-order valence-corrected chi connectivity index (χ1v) is 8.97. The van der Waals surface area contributed by atoms with Crippen molar-refractivity contribution in [1.82, 2.24) is 0 Å². The lowest BCUT2D eigenvalue weighted by atomic mass is 10.2. The third-order valence-electron chi connectivity index (χ3n) is 3.81. The summed E-state index contributed by atoms with van der Waals surface area (Å²) in [4.78, 5) is 0.206. The summed E-state index contributed by atoms with van der Waals surface area (Å²) in [6.07, 6.45) is 0. The molecule has 3 rings (SSSR count). The maximum Gasteiger partial charge on any atom is 0.262 e. The molecule has 128 valence electrons. The monoisotopic (exact) mass is 349 g/mol. The molecule has 0 radical (unpaired) electrons. The average molecular weight is 349 g/mol. The number of benzene rings is 2. The van der Waals surface area contributed by atoms with Gasteiger partial charge in [0.05, 0.1) is 17.7 Å². The Morgan fingerprint density at radius 3 is 2.29 bits per heavy atom. The molecule has 0 saturated heterocycles. The van der Waals surface area contributed by atoms with Crippen LogP contribution in [0.4, 0.5) is 5.69 Å². The fourth-order valence-corrected chi connectivity index (χ4v) is 3.90. The molecule has 1 aliphatic rings. The van der Waals surface area contributed by atoms with Gasteiger partial charge in [-0.05, 0) is 49.2 Å².